The number of amides is 1. The van der Waals surface area contributed by atoms with Crippen molar-refractivity contribution in [2.45, 2.75) is 46.2 Å². The Morgan fingerprint density at radius 1 is 1.44 bits per heavy atom. The normalized spacial score (nSPS) is 25.4. The predicted molar refractivity (Wildman–Crippen MR) is 69.0 cm³/mol. The SMILES string of the molecule is CCS(=O)(=O)NC1CCN(C(=O)O)C1C(C)(C)C. The number of nitrogens with zero attached hydrogens (tertiary/aromatic N) is 1. The van der Waals surface area contributed by atoms with E-state index in [-0.39, 0.29) is 23.3 Å². The number of hydrogen-bond acceptors (Lipinski definition) is 3. The fourth-order valence-electron chi connectivity index (χ4n) is 2.52. The molecule has 18 heavy (non-hydrogen) atoms. The van der Waals surface area contributed by atoms with E-state index in [1.807, 2.05) is 20.8 Å². The Hall–Kier alpha value is -0.820. The van der Waals surface area contributed by atoms with Crippen LogP contribution in [0, 0.1) is 5.41 Å². The van der Waals surface area contributed by atoms with Crippen LogP contribution in [0.1, 0.15) is 34.1 Å². The molecule has 6 nitrogen and oxygen atoms in total. The van der Waals surface area contributed by atoms with Crippen molar-refractivity contribution >= 4 is 16.1 Å². The zero-order chi connectivity index (χ0) is 14.1. The van der Waals surface area contributed by atoms with Crippen LogP contribution in [0.4, 0.5) is 4.79 Å². The summed E-state index contributed by atoms with van der Waals surface area (Å²) in [7, 11) is -3.31. The molecule has 1 heterocycles. The number of sulfonamides is 1. The molecule has 0 bridgehead atoms. The molecule has 2 N–H and O–H groups in total. The van der Waals surface area contributed by atoms with Crippen molar-refractivity contribution in [2.24, 2.45) is 5.41 Å². The molecule has 1 aliphatic rings. The van der Waals surface area contributed by atoms with Crippen LogP contribution in [0.15, 0.2) is 0 Å². The molecule has 2 unspecified atom stereocenters. The highest BCUT2D eigenvalue weighted by atomic mass is 32.2. The highest BCUT2D eigenvalue weighted by Crippen LogP contribution is 2.33. The number of likely N-dealkylation sites (tertiary alicyclic amines) is 1. The second-order valence-corrected chi connectivity index (χ2v) is 7.75. The highest BCUT2D eigenvalue weighted by molar-refractivity contribution is 7.89. The van der Waals surface area contributed by atoms with Crippen molar-refractivity contribution in [3.05, 3.63) is 0 Å². The lowest BCUT2D eigenvalue weighted by Crippen LogP contribution is -2.52. The Bertz CT molecular complexity index is 413. The third-order valence-electron chi connectivity index (χ3n) is 3.24. The molecule has 1 amide bonds. The van der Waals surface area contributed by atoms with Gasteiger partial charge < -0.3 is 10.0 Å². The zero-order valence-corrected chi connectivity index (χ0v) is 12.1. The molecule has 1 saturated heterocycles. The first-order valence-corrected chi connectivity index (χ1v) is 7.73. The molecule has 7 heteroatoms. The molecule has 1 rings (SSSR count). The lowest BCUT2D eigenvalue weighted by molar-refractivity contribution is 0.0999. The third kappa shape index (κ3) is 3.35. The van der Waals surface area contributed by atoms with Gasteiger partial charge in [-0.05, 0) is 18.8 Å². The largest absolute Gasteiger partial charge is 0.465 e. The topological polar surface area (TPSA) is 86.7 Å². The van der Waals surface area contributed by atoms with E-state index in [0.29, 0.717) is 13.0 Å². The van der Waals surface area contributed by atoms with Gasteiger partial charge in [-0.15, -0.1) is 0 Å². The van der Waals surface area contributed by atoms with Gasteiger partial charge in [0.1, 0.15) is 0 Å². The first-order valence-electron chi connectivity index (χ1n) is 6.08. The van der Waals surface area contributed by atoms with Gasteiger partial charge in [-0.25, -0.2) is 17.9 Å². The van der Waals surface area contributed by atoms with E-state index in [2.05, 4.69) is 4.72 Å². The van der Waals surface area contributed by atoms with Gasteiger partial charge in [0.2, 0.25) is 10.0 Å². The van der Waals surface area contributed by atoms with Gasteiger partial charge in [-0.3, -0.25) is 0 Å². The highest BCUT2D eigenvalue weighted by Gasteiger charge is 2.45. The number of carbonyl (C=O) groups is 1. The Morgan fingerprint density at radius 2 is 2.00 bits per heavy atom. The molecular weight excluding hydrogens is 256 g/mol. The molecule has 0 aromatic rings. The molecule has 1 fully saturated rings. The van der Waals surface area contributed by atoms with Crippen LogP contribution in [0.3, 0.4) is 0 Å². The van der Waals surface area contributed by atoms with E-state index < -0.39 is 16.1 Å². The average molecular weight is 278 g/mol. The van der Waals surface area contributed by atoms with Crippen LogP contribution < -0.4 is 4.72 Å². The van der Waals surface area contributed by atoms with Crippen LogP contribution >= 0.6 is 0 Å². The van der Waals surface area contributed by atoms with Crippen molar-refractivity contribution in [3.63, 3.8) is 0 Å². The fourth-order valence-corrected chi connectivity index (χ4v) is 3.39. The van der Waals surface area contributed by atoms with Crippen molar-refractivity contribution in [1.29, 1.82) is 0 Å². The molecule has 106 valence electrons. The predicted octanol–water partition coefficient (Wildman–Crippen LogP) is 1.09. The van der Waals surface area contributed by atoms with Gasteiger partial charge >= 0.3 is 6.09 Å². The van der Waals surface area contributed by atoms with E-state index in [1.54, 1.807) is 6.92 Å². The van der Waals surface area contributed by atoms with E-state index >= 15 is 0 Å². The van der Waals surface area contributed by atoms with Crippen molar-refractivity contribution < 1.29 is 18.3 Å². The molecule has 0 aliphatic carbocycles. The minimum absolute atomic E-state index is 0.00738. The minimum atomic E-state index is -3.31. The number of hydrogen-bond donors (Lipinski definition) is 2. The van der Waals surface area contributed by atoms with E-state index in [1.165, 1.54) is 4.90 Å². The zero-order valence-electron chi connectivity index (χ0n) is 11.3. The number of rotatable bonds is 3. The standard InChI is InChI=1S/C11H22N2O4S/c1-5-18(16,17)12-8-6-7-13(10(14)15)9(8)11(2,3)4/h8-9,12H,5-7H2,1-4H3,(H,14,15). The summed E-state index contributed by atoms with van der Waals surface area (Å²) in [5.74, 6) is 0.00738. The third-order valence-corrected chi connectivity index (χ3v) is 4.66. The molecule has 0 saturated carbocycles. The monoisotopic (exact) mass is 278 g/mol. The molecular formula is C11H22N2O4S. The van der Waals surface area contributed by atoms with Gasteiger partial charge in [0, 0.05) is 12.6 Å². The minimum Gasteiger partial charge on any atom is -0.465 e. The van der Waals surface area contributed by atoms with Crippen LogP contribution in [-0.2, 0) is 10.0 Å². The van der Waals surface area contributed by atoms with Crippen molar-refractivity contribution in [1.82, 2.24) is 9.62 Å². The molecule has 2 atom stereocenters. The number of nitrogens with one attached hydrogen (secondary N) is 1. The van der Waals surface area contributed by atoms with Gasteiger partial charge in [0.25, 0.3) is 0 Å². The fraction of sp³-hybridized carbons (Fsp3) is 0.909. The molecule has 0 spiro atoms. The summed E-state index contributed by atoms with van der Waals surface area (Å²) in [5, 5.41) is 9.17. The number of carboxylic acid groups (broad SMARTS) is 1. The summed E-state index contributed by atoms with van der Waals surface area (Å²) in [6, 6.07) is -0.678. The van der Waals surface area contributed by atoms with E-state index in [9.17, 15) is 13.2 Å². The maximum Gasteiger partial charge on any atom is 0.407 e. The van der Waals surface area contributed by atoms with Crippen LogP contribution in [-0.4, -0.2) is 48.9 Å². The van der Waals surface area contributed by atoms with Crippen molar-refractivity contribution in [3.8, 4) is 0 Å². The van der Waals surface area contributed by atoms with Crippen molar-refractivity contribution in [2.75, 3.05) is 12.3 Å². The van der Waals surface area contributed by atoms with Gasteiger partial charge in [0.05, 0.1) is 11.8 Å². The molecule has 0 aromatic heterocycles. The molecule has 0 radical (unpaired) electrons. The Balaban J connectivity index is 2.96. The summed E-state index contributed by atoms with van der Waals surface area (Å²) < 4.78 is 25.9. The summed E-state index contributed by atoms with van der Waals surface area (Å²) in [4.78, 5) is 12.5. The Morgan fingerprint density at radius 3 is 2.39 bits per heavy atom. The molecule has 1 aliphatic heterocycles. The van der Waals surface area contributed by atoms with Gasteiger partial charge in [0.15, 0.2) is 0 Å². The van der Waals surface area contributed by atoms with E-state index in [0.717, 1.165) is 0 Å². The summed E-state index contributed by atoms with van der Waals surface area (Å²) >= 11 is 0. The maximum atomic E-state index is 11.6. The first kappa shape index (κ1) is 15.2. The van der Waals surface area contributed by atoms with Crippen LogP contribution in [0.5, 0.6) is 0 Å². The lowest BCUT2D eigenvalue weighted by atomic mass is 9.83. The van der Waals surface area contributed by atoms with E-state index in [4.69, 9.17) is 5.11 Å². The second-order valence-electron chi connectivity index (χ2n) is 5.70. The summed E-state index contributed by atoms with van der Waals surface area (Å²) in [6.07, 6.45) is -0.471. The van der Waals surface area contributed by atoms with Crippen LogP contribution in [0.25, 0.3) is 0 Å². The average Bonchev–Trinajstić information content (AvgIpc) is 2.60. The smallest absolute Gasteiger partial charge is 0.407 e. The van der Waals surface area contributed by atoms with Crippen LogP contribution in [0.2, 0.25) is 0 Å². The maximum absolute atomic E-state index is 11.6. The summed E-state index contributed by atoms with van der Waals surface area (Å²) in [5.41, 5.74) is -0.310. The molecule has 0 aromatic carbocycles. The van der Waals surface area contributed by atoms with Gasteiger partial charge in [-0.1, -0.05) is 20.8 Å². The second kappa shape index (κ2) is 5.05. The Kier molecular flexibility index (Phi) is 4.27. The Labute approximate surface area is 108 Å². The first-order chi connectivity index (χ1) is 8.08. The quantitative estimate of drug-likeness (QED) is 0.809. The summed E-state index contributed by atoms with van der Waals surface area (Å²) in [6.45, 7) is 7.71. The van der Waals surface area contributed by atoms with Gasteiger partial charge in [-0.2, -0.15) is 0 Å². The lowest BCUT2D eigenvalue weighted by Gasteiger charge is -2.37.